The van der Waals surface area contributed by atoms with Crippen LogP contribution in [-0.2, 0) is 18.5 Å². The van der Waals surface area contributed by atoms with Crippen molar-refractivity contribution in [1.82, 2.24) is 24.7 Å². The lowest BCUT2D eigenvalue weighted by atomic mass is 10.0. The molecule has 0 aromatic carbocycles. The summed E-state index contributed by atoms with van der Waals surface area (Å²) >= 11 is 0. The molecule has 8 nitrogen and oxygen atoms in total. The van der Waals surface area contributed by atoms with E-state index in [1.807, 2.05) is 24.3 Å². The fourth-order valence-corrected chi connectivity index (χ4v) is 5.47. The van der Waals surface area contributed by atoms with E-state index in [1.54, 1.807) is 4.90 Å². The SMILES string of the molecule is [CH2]c1nc(N2CCC[C@H]2C)cc2c1CN(c1cccc(-c3nnc4n3C(C)(C)CC4)n1)C2=O. The smallest absolute Gasteiger partial charge is 0.260 e. The number of carbonyl (C=O) groups excluding carboxylic acids is 1. The first kappa shape index (κ1) is 20.3. The minimum absolute atomic E-state index is 0.0525. The number of nitrogens with zero attached hydrogens (tertiary/aromatic N) is 7. The van der Waals surface area contributed by atoms with Gasteiger partial charge in [0.2, 0.25) is 0 Å². The van der Waals surface area contributed by atoms with Gasteiger partial charge in [-0.15, -0.1) is 10.2 Å². The van der Waals surface area contributed by atoms with E-state index in [0.29, 0.717) is 29.7 Å². The Morgan fingerprint density at radius 2 is 2.00 bits per heavy atom. The molecule has 1 saturated heterocycles. The number of aryl methyl sites for hydroxylation is 1. The Hall–Kier alpha value is -3.29. The van der Waals surface area contributed by atoms with Crippen LogP contribution in [0.25, 0.3) is 11.5 Å². The number of rotatable bonds is 3. The normalized spacial score (nSPS) is 21.1. The highest BCUT2D eigenvalue weighted by Gasteiger charge is 2.36. The highest BCUT2D eigenvalue weighted by molar-refractivity contribution is 6.10. The maximum atomic E-state index is 13.5. The summed E-state index contributed by atoms with van der Waals surface area (Å²) in [6, 6.07) is 8.10. The van der Waals surface area contributed by atoms with Crippen LogP contribution in [0.1, 0.15) is 67.5 Å². The molecule has 8 heteroatoms. The summed E-state index contributed by atoms with van der Waals surface area (Å²) in [6.07, 6.45) is 4.23. The molecule has 6 heterocycles. The molecule has 0 unspecified atom stereocenters. The Morgan fingerprint density at radius 1 is 1.15 bits per heavy atom. The quantitative estimate of drug-likeness (QED) is 0.615. The summed E-state index contributed by atoms with van der Waals surface area (Å²) in [5.41, 5.74) is 2.91. The highest BCUT2D eigenvalue weighted by atomic mass is 16.2. The first-order valence-electron chi connectivity index (χ1n) is 11.7. The van der Waals surface area contributed by atoms with Crippen LogP contribution < -0.4 is 9.80 Å². The number of fused-ring (bicyclic) bond motifs is 2. The second-order valence-corrected chi connectivity index (χ2v) is 10.00. The maximum absolute atomic E-state index is 13.5. The highest BCUT2D eigenvalue weighted by Crippen LogP contribution is 2.36. The summed E-state index contributed by atoms with van der Waals surface area (Å²) in [4.78, 5) is 27.0. The van der Waals surface area contributed by atoms with Gasteiger partial charge in [-0.25, -0.2) is 9.97 Å². The van der Waals surface area contributed by atoms with Gasteiger partial charge in [-0.05, 0) is 65.2 Å². The van der Waals surface area contributed by atoms with Crippen molar-refractivity contribution in [3.8, 4) is 11.5 Å². The average Bonchev–Trinajstić information content (AvgIpc) is 3.54. The molecule has 169 valence electrons. The lowest BCUT2D eigenvalue weighted by molar-refractivity contribution is 0.0996. The van der Waals surface area contributed by atoms with Crippen LogP contribution in [0, 0.1) is 6.92 Å². The lowest BCUT2D eigenvalue weighted by Crippen LogP contribution is -2.28. The van der Waals surface area contributed by atoms with Gasteiger partial charge < -0.3 is 9.47 Å². The van der Waals surface area contributed by atoms with Gasteiger partial charge in [0.15, 0.2) is 5.82 Å². The van der Waals surface area contributed by atoms with Crippen LogP contribution in [-0.4, -0.2) is 43.2 Å². The average molecular weight is 443 g/mol. The number of aromatic nitrogens is 5. The van der Waals surface area contributed by atoms with Crippen LogP contribution in [0.5, 0.6) is 0 Å². The fraction of sp³-hybridized carbons (Fsp3) is 0.440. The Balaban J connectivity index is 1.35. The minimum atomic E-state index is -0.0538. The number of pyridine rings is 2. The molecule has 0 aliphatic carbocycles. The molecular formula is C25H28N7O. The van der Waals surface area contributed by atoms with Crippen molar-refractivity contribution >= 4 is 17.5 Å². The Bertz CT molecular complexity index is 1280. The van der Waals surface area contributed by atoms with E-state index in [-0.39, 0.29) is 11.4 Å². The van der Waals surface area contributed by atoms with Crippen molar-refractivity contribution in [1.29, 1.82) is 0 Å². The van der Waals surface area contributed by atoms with Crippen molar-refractivity contribution in [2.75, 3.05) is 16.3 Å². The summed E-state index contributed by atoms with van der Waals surface area (Å²) < 4.78 is 2.18. The van der Waals surface area contributed by atoms with Gasteiger partial charge in [-0.2, -0.15) is 0 Å². The predicted molar refractivity (Wildman–Crippen MR) is 126 cm³/mol. The molecule has 0 spiro atoms. The zero-order chi connectivity index (χ0) is 22.9. The van der Waals surface area contributed by atoms with Crippen molar-refractivity contribution in [2.24, 2.45) is 0 Å². The molecule has 1 fully saturated rings. The monoisotopic (exact) mass is 442 g/mol. The van der Waals surface area contributed by atoms with Gasteiger partial charge in [0, 0.05) is 35.8 Å². The summed E-state index contributed by atoms with van der Waals surface area (Å²) in [5.74, 6) is 3.15. The largest absolute Gasteiger partial charge is 0.354 e. The molecule has 3 aliphatic heterocycles. The van der Waals surface area contributed by atoms with Crippen molar-refractivity contribution in [3.63, 3.8) is 0 Å². The second kappa shape index (κ2) is 7.10. The van der Waals surface area contributed by atoms with Crippen LogP contribution >= 0.6 is 0 Å². The predicted octanol–water partition coefficient (Wildman–Crippen LogP) is 3.75. The number of anilines is 2. The molecule has 1 radical (unpaired) electrons. The first-order chi connectivity index (χ1) is 15.8. The van der Waals surface area contributed by atoms with E-state index >= 15 is 0 Å². The van der Waals surface area contributed by atoms with E-state index in [0.717, 1.165) is 61.0 Å². The molecule has 1 atom stereocenters. The number of amides is 1. The second-order valence-electron chi connectivity index (χ2n) is 10.00. The van der Waals surface area contributed by atoms with E-state index < -0.39 is 0 Å². The topological polar surface area (TPSA) is 80.0 Å². The maximum Gasteiger partial charge on any atom is 0.260 e. The summed E-state index contributed by atoms with van der Waals surface area (Å²) in [6.45, 7) is 12.2. The molecule has 0 saturated carbocycles. The number of hydrogen-bond acceptors (Lipinski definition) is 6. The van der Waals surface area contributed by atoms with Gasteiger partial charge in [0.05, 0.1) is 12.1 Å². The Kier molecular flexibility index (Phi) is 4.38. The van der Waals surface area contributed by atoms with Gasteiger partial charge in [0.25, 0.3) is 5.91 Å². The van der Waals surface area contributed by atoms with E-state index in [1.165, 1.54) is 0 Å². The zero-order valence-electron chi connectivity index (χ0n) is 19.4. The Labute approximate surface area is 193 Å². The first-order valence-corrected chi connectivity index (χ1v) is 11.7. The van der Waals surface area contributed by atoms with Crippen LogP contribution in [0.15, 0.2) is 24.3 Å². The standard InChI is InChI=1S/C25H28N7O/c1-15-7-6-12-30(15)22-13-17-18(16(2)26-22)14-31(24(17)33)20-9-5-8-19(27-20)23-29-28-21-10-11-25(3,4)32(21)23/h5,8-9,13,15H,2,6-7,10-12,14H2,1,3-4H3/t15-/m1/s1. The van der Waals surface area contributed by atoms with Crippen molar-refractivity contribution < 1.29 is 4.79 Å². The van der Waals surface area contributed by atoms with E-state index in [9.17, 15) is 4.79 Å². The molecular weight excluding hydrogens is 414 g/mol. The minimum Gasteiger partial charge on any atom is -0.354 e. The molecule has 3 aromatic rings. The lowest BCUT2D eigenvalue weighted by Gasteiger charge is -2.23. The molecule has 3 aliphatic rings. The third kappa shape index (κ3) is 3.07. The number of hydrogen-bond donors (Lipinski definition) is 0. The third-order valence-corrected chi connectivity index (χ3v) is 7.37. The van der Waals surface area contributed by atoms with Crippen molar-refractivity contribution in [2.45, 2.75) is 64.6 Å². The molecule has 0 bridgehead atoms. The van der Waals surface area contributed by atoms with Crippen LogP contribution in [0.3, 0.4) is 0 Å². The van der Waals surface area contributed by atoms with Gasteiger partial charge >= 0.3 is 0 Å². The van der Waals surface area contributed by atoms with Gasteiger partial charge in [-0.3, -0.25) is 9.69 Å². The van der Waals surface area contributed by atoms with Crippen LogP contribution in [0.2, 0.25) is 0 Å². The molecule has 0 N–H and O–H groups in total. The van der Waals surface area contributed by atoms with Gasteiger partial charge in [0.1, 0.15) is 23.2 Å². The van der Waals surface area contributed by atoms with E-state index in [2.05, 4.69) is 47.4 Å². The molecule has 6 rings (SSSR count). The van der Waals surface area contributed by atoms with Gasteiger partial charge in [-0.1, -0.05) is 6.07 Å². The third-order valence-electron chi connectivity index (χ3n) is 7.37. The molecule has 3 aromatic heterocycles. The zero-order valence-corrected chi connectivity index (χ0v) is 19.4. The number of carbonyl (C=O) groups is 1. The molecule has 33 heavy (non-hydrogen) atoms. The summed E-state index contributed by atoms with van der Waals surface area (Å²) in [7, 11) is 0. The summed E-state index contributed by atoms with van der Waals surface area (Å²) in [5, 5.41) is 8.81. The van der Waals surface area contributed by atoms with Crippen LogP contribution in [0.4, 0.5) is 11.6 Å². The Morgan fingerprint density at radius 3 is 2.79 bits per heavy atom. The molecule has 1 amide bonds. The fourth-order valence-electron chi connectivity index (χ4n) is 5.47. The van der Waals surface area contributed by atoms with E-state index in [4.69, 9.17) is 9.97 Å². The van der Waals surface area contributed by atoms with Crippen molar-refractivity contribution in [3.05, 3.63) is 53.8 Å².